The zero-order valence-electron chi connectivity index (χ0n) is 19.6. The SMILES string of the molecule is c1ccc(-c2ccc(Nc3ccccc3-c3cccc4ccccc34)c3c2oc2ccccc23)cc1. The Morgan fingerprint density at radius 2 is 1.14 bits per heavy atom. The summed E-state index contributed by atoms with van der Waals surface area (Å²) in [7, 11) is 0. The first kappa shape index (κ1) is 20.5. The smallest absolute Gasteiger partial charge is 0.145 e. The van der Waals surface area contributed by atoms with E-state index < -0.39 is 0 Å². The molecule has 1 heterocycles. The van der Waals surface area contributed by atoms with Crippen LogP contribution in [0.25, 0.3) is 55.0 Å². The number of anilines is 2. The maximum absolute atomic E-state index is 6.45. The maximum atomic E-state index is 6.45. The molecule has 1 aromatic heterocycles. The van der Waals surface area contributed by atoms with Gasteiger partial charge in [0.2, 0.25) is 0 Å². The molecule has 0 bridgehead atoms. The van der Waals surface area contributed by atoms with Crippen molar-refractivity contribution in [3.63, 3.8) is 0 Å². The van der Waals surface area contributed by atoms with E-state index in [9.17, 15) is 0 Å². The Labute approximate surface area is 209 Å². The predicted molar refractivity (Wildman–Crippen MR) is 152 cm³/mol. The quantitative estimate of drug-likeness (QED) is 0.282. The van der Waals surface area contributed by atoms with Crippen molar-refractivity contribution in [2.24, 2.45) is 0 Å². The largest absolute Gasteiger partial charge is 0.455 e. The normalized spacial score (nSPS) is 11.3. The Hall–Kier alpha value is -4.82. The van der Waals surface area contributed by atoms with Crippen molar-refractivity contribution in [1.29, 1.82) is 0 Å². The first-order chi connectivity index (χ1) is 17.9. The summed E-state index contributed by atoms with van der Waals surface area (Å²) < 4.78 is 6.45. The van der Waals surface area contributed by atoms with E-state index in [0.29, 0.717) is 0 Å². The molecule has 0 saturated heterocycles. The lowest BCUT2D eigenvalue weighted by Crippen LogP contribution is -1.95. The number of hydrogen-bond acceptors (Lipinski definition) is 2. The Kier molecular flexibility index (Phi) is 4.82. The molecule has 36 heavy (non-hydrogen) atoms. The van der Waals surface area contributed by atoms with Crippen molar-refractivity contribution < 1.29 is 4.42 Å². The Morgan fingerprint density at radius 3 is 2.06 bits per heavy atom. The van der Waals surface area contributed by atoms with Crippen LogP contribution in [0.5, 0.6) is 0 Å². The second-order valence-electron chi connectivity index (χ2n) is 9.03. The highest BCUT2D eigenvalue weighted by atomic mass is 16.3. The molecule has 6 aromatic carbocycles. The van der Waals surface area contributed by atoms with Crippen molar-refractivity contribution >= 4 is 44.1 Å². The van der Waals surface area contributed by atoms with Gasteiger partial charge in [0.05, 0.1) is 11.1 Å². The summed E-state index contributed by atoms with van der Waals surface area (Å²) in [4.78, 5) is 0. The van der Waals surface area contributed by atoms with E-state index in [1.54, 1.807) is 0 Å². The van der Waals surface area contributed by atoms with Crippen LogP contribution in [0.2, 0.25) is 0 Å². The molecule has 0 aliphatic carbocycles. The van der Waals surface area contributed by atoms with Crippen molar-refractivity contribution in [3.05, 3.63) is 133 Å². The third-order valence-electron chi connectivity index (χ3n) is 6.89. The number of furan rings is 1. The number of hydrogen-bond donors (Lipinski definition) is 1. The zero-order chi connectivity index (χ0) is 23.9. The minimum absolute atomic E-state index is 0.890. The van der Waals surface area contributed by atoms with Crippen molar-refractivity contribution in [3.8, 4) is 22.3 Å². The Balaban J connectivity index is 1.44. The molecular formula is C34H23NO. The predicted octanol–water partition coefficient (Wildman–Crippen LogP) is 9.82. The molecule has 7 aromatic rings. The summed E-state index contributed by atoms with van der Waals surface area (Å²) >= 11 is 0. The zero-order valence-corrected chi connectivity index (χ0v) is 19.6. The molecule has 0 spiro atoms. The fourth-order valence-electron chi connectivity index (χ4n) is 5.21. The van der Waals surface area contributed by atoms with E-state index in [-0.39, 0.29) is 0 Å². The van der Waals surface area contributed by atoms with Crippen LogP contribution in [-0.4, -0.2) is 0 Å². The molecule has 7 rings (SSSR count). The maximum Gasteiger partial charge on any atom is 0.145 e. The summed E-state index contributed by atoms with van der Waals surface area (Å²) in [6.45, 7) is 0. The fraction of sp³-hybridized carbons (Fsp3) is 0. The van der Waals surface area contributed by atoms with Gasteiger partial charge in [0.1, 0.15) is 11.2 Å². The lowest BCUT2D eigenvalue weighted by atomic mass is 9.96. The molecule has 0 amide bonds. The van der Waals surface area contributed by atoms with Crippen molar-refractivity contribution in [2.75, 3.05) is 5.32 Å². The molecule has 170 valence electrons. The highest BCUT2D eigenvalue weighted by Crippen LogP contribution is 2.42. The highest BCUT2D eigenvalue weighted by Gasteiger charge is 2.17. The second kappa shape index (κ2) is 8.44. The summed E-state index contributed by atoms with van der Waals surface area (Å²) in [5, 5.41) is 8.46. The molecule has 0 fully saturated rings. The van der Waals surface area contributed by atoms with Crippen LogP contribution in [0.1, 0.15) is 0 Å². The summed E-state index contributed by atoms with van der Waals surface area (Å²) in [6, 6.07) is 46.6. The fourth-order valence-corrected chi connectivity index (χ4v) is 5.21. The summed E-state index contributed by atoms with van der Waals surface area (Å²) in [6.07, 6.45) is 0. The van der Waals surface area contributed by atoms with Gasteiger partial charge >= 0.3 is 0 Å². The monoisotopic (exact) mass is 461 g/mol. The van der Waals surface area contributed by atoms with Crippen LogP contribution in [0, 0.1) is 0 Å². The van der Waals surface area contributed by atoms with E-state index in [1.165, 1.54) is 21.9 Å². The molecule has 0 aliphatic heterocycles. The van der Waals surface area contributed by atoms with Crippen LogP contribution in [-0.2, 0) is 0 Å². The van der Waals surface area contributed by atoms with Gasteiger partial charge < -0.3 is 9.73 Å². The molecule has 0 atom stereocenters. The van der Waals surface area contributed by atoms with Gasteiger partial charge in [-0.3, -0.25) is 0 Å². The van der Waals surface area contributed by atoms with Gasteiger partial charge in [-0.15, -0.1) is 0 Å². The van der Waals surface area contributed by atoms with Crippen molar-refractivity contribution in [1.82, 2.24) is 0 Å². The summed E-state index contributed by atoms with van der Waals surface area (Å²) in [5.41, 5.74) is 8.50. The third-order valence-corrected chi connectivity index (χ3v) is 6.89. The van der Waals surface area contributed by atoms with Gasteiger partial charge in [0, 0.05) is 22.2 Å². The molecule has 1 N–H and O–H groups in total. The van der Waals surface area contributed by atoms with Gasteiger partial charge in [-0.2, -0.15) is 0 Å². The Morgan fingerprint density at radius 1 is 0.444 bits per heavy atom. The number of fused-ring (bicyclic) bond motifs is 4. The van der Waals surface area contributed by atoms with Crippen LogP contribution >= 0.6 is 0 Å². The molecule has 0 radical (unpaired) electrons. The summed E-state index contributed by atoms with van der Waals surface area (Å²) in [5.74, 6) is 0. The number of nitrogens with one attached hydrogen (secondary N) is 1. The van der Waals surface area contributed by atoms with Crippen molar-refractivity contribution in [2.45, 2.75) is 0 Å². The molecular weight excluding hydrogens is 438 g/mol. The standard InChI is InChI=1S/C34H23NO/c1-2-11-24(12-3-1)26-21-22-31(33-29-17-7-9-20-32(29)36-34(26)33)35-30-19-8-6-16-28(30)27-18-10-14-23-13-4-5-15-25(23)27/h1-22,35H. The average Bonchev–Trinajstić information content (AvgIpc) is 3.34. The first-order valence-corrected chi connectivity index (χ1v) is 12.2. The van der Waals surface area contributed by atoms with Gasteiger partial charge in [0.25, 0.3) is 0 Å². The second-order valence-corrected chi connectivity index (χ2v) is 9.03. The lowest BCUT2D eigenvalue weighted by molar-refractivity contribution is 0.670. The van der Waals surface area contributed by atoms with Gasteiger partial charge in [-0.25, -0.2) is 0 Å². The molecule has 2 heteroatoms. The van der Waals surface area contributed by atoms with E-state index in [0.717, 1.165) is 44.4 Å². The van der Waals surface area contributed by atoms with Gasteiger partial charge in [-0.05, 0) is 46.2 Å². The third kappa shape index (κ3) is 3.35. The van der Waals surface area contributed by atoms with Crippen LogP contribution in [0.3, 0.4) is 0 Å². The van der Waals surface area contributed by atoms with E-state index in [1.807, 2.05) is 18.2 Å². The number of rotatable bonds is 4. The van der Waals surface area contributed by atoms with Crippen LogP contribution in [0.15, 0.2) is 138 Å². The molecule has 0 saturated carbocycles. The first-order valence-electron chi connectivity index (χ1n) is 12.2. The lowest BCUT2D eigenvalue weighted by Gasteiger charge is -2.16. The van der Waals surface area contributed by atoms with E-state index >= 15 is 0 Å². The van der Waals surface area contributed by atoms with Gasteiger partial charge in [-0.1, -0.05) is 109 Å². The average molecular weight is 462 g/mol. The number of benzene rings is 6. The minimum atomic E-state index is 0.890. The van der Waals surface area contributed by atoms with Crippen LogP contribution in [0.4, 0.5) is 11.4 Å². The molecule has 0 aliphatic rings. The topological polar surface area (TPSA) is 25.2 Å². The van der Waals surface area contributed by atoms with E-state index in [2.05, 4.69) is 121 Å². The number of para-hydroxylation sites is 2. The Bertz CT molecular complexity index is 1860. The van der Waals surface area contributed by atoms with Gasteiger partial charge in [0.15, 0.2) is 0 Å². The molecule has 2 nitrogen and oxygen atoms in total. The van der Waals surface area contributed by atoms with E-state index in [4.69, 9.17) is 4.42 Å². The van der Waals surface area contributed by atoms with Crippen LogP contribution < -0.4 is 5.32 Å². The molecule has 0 unspecified atom stereocenters. The minimum Gasteiger partial charge on any atom is -0.455 e. The highest BCUT2D eigenvalue weighted by molar-refractivity contribution is 6.16.